The largest absolute Gasteiger partial charge is 0.320 e. The zero-order chi connectivity index (χ0) is 14.6. The molecule has 0 fully saturated rings. The van der Waals surface area contributed by atoms with Crippen molar-refractivity contribution in [2.75, 3.05) is 5.32 Å². The number of anilines is 1. The highest BCUT2D eigenvalue weighted by atomic mass is 16.6. The van der Waals surface area contributed by atoms with Crippen molar-refractivity contribution in [3.8, 4) is 0 Å². The van der Waals surface area contributed by atoms with Crippen LogP contribution >= 0.6 is 0 Å². The third-order valence-electron chi connectivity index (χ3n) is 2.67. The summed E-state index contributed by atoms with van der Waals surface area (Å²) in [5.74, 6) is -0.115. The van der Waals surface area contributed by atoms with Crippen LogP contribution < -0.4 is 11.1 Å². The second-order valence-electron chi connectivity index (χ2n) is 5.00. The minimum absolute atomic E-state index is 0.129. The molecule has 0 spiro atoms. The first-order valence-electron chi connectivity index (χ1n) is 6.12. The monoisotopic (exact) mass is 265 g/mol. The van der Waals surface area contributed by atoms with Crippen LogP contribution in [0, 0.1) is 23.0 Å². The van der Waals surface area contributed by atoms with E-state index in [1.807, 2.05) is 13.8 Å². The van der Waals surface area contributed by atoms with Crippen LogP contribution in [0.2, 0.25) is 0 Å². The molecule has 6 nitrogen and oxygen atoms in total. The minimum atomic E-state index is -0.667. The standard InChI is InChI=1S/C13H19N3O3/c1-8(2)6-10(14)13(17)15-11-7-9(3)4-5-12(11)16(18)19/h4-5,7-8,10H,6,14H2,1-3H3,(H,15,17)/t10-/m0/s1. The molecule has 1 aromatic rings. The molecular formula is C13H19N3O3. The van der Waals surface area contributed by atoms with Crippen molar-refractivity contribution in [3.05, 3.63) is 33.9 Å². The molecule has 0 saturated carbocycles. The average molecular weight is 265 g/mol. The van der Waals surface area contributed by atoms with E-state index >= 15 is 0 Å². The molecule has 1 amide bonds. The number of carbonyl (C=O) groups excluding carboxylic acids is 1. The molecule has 0 bridgehead atoms. The quantitative estimate of drug-likeness (QED) is 0.630. The Morgan fingerprint density at radius 2 is 2.11 bits per heavy atom. The molecule has 0 aliphatic carbocycles. The lowest BCUT2D eigenvalue weighted by atomic mass is 10.0. The molecule has 1 aromatic carbocycles. The molecule has 0 heterocycles. The fraction of sp³-hybridized carbons (Fsp3) is 0.462. The molecule has 3 N–H and O–H groups in total. The summed E-state index contributed by atoms with van der Waals surface area (Å²) >= 11 is 0. The van der Waals surface area contributed by atoms with Crippen LogP contribution in [0.15, 0.2) is 18.2 Å². The van der Waals surface area contributed by atoms with Crippen molar-refractivity contribution in [1.29, 1.82) is 0 Å². The van der Waals surface area contributed by atoms with E-state index in [4.69, 9.17) is 5.73 Å². The lowest BCUT2D eigenvalue weighted by Crippen LogP contribution is -2.36. The number of nitrogens with zero attached hydrogens (tertiary/aromatic N) is 1. The molecule has 104 valence electrons. The maximum Gasteiger partial charge on any atom is 0.292 e. The van der Waals surface area contributed by atoms with Gasteiger partial charge in [-0.2, -0.15) is 0 Å². The topological polar surface area (TPSA) is 98.3 Å². The number of hydrogen-bond acceptors (Lipinski definition) is 4. The van der Waals surface area contributed by atoms with Gasteiger partial charge >= 0.3 is 0 Å². The van der Waals surface area contributed by atoms with Crippen LogP contribution in [0.4, 0.5) is 11.4 Å². The number of carbonyl (C=O) groups is 1. The molecule has 0 aromatic heterocycles. The van der Waals surface area contributed by atoms with Gasteiger partial charge in [0.1, 0.15) is 5.69 Å². The highest BCUT2D eigenvalue weighted by molar-refractivity contribution is 5.96. The van der Waals surface area contributed by atoms with Crippen LogP contribution in [-0.2, 0) is 4.79 Å². The van der Waals surface area contributed by atoms with Crippen LogP contribution in [0.3, 0.4) is 0 Å². The van der Waals surface area contributed by atoms with E-state index in [1.165, 1.54) is 6.07 Å². The van der Waals surface area contributed by atoms with Gasteiger partial charge in [0.25, 0.3) is 5.69 Å². The minimum Gasteiger partial charge on any atom is -0.320 e. The van der Waals surface area contributed by atoms with E-state index in [2.05, 4.69) is 5.32 Å². The molecule has 0 aliphatic heterocycles. The number of amides is 1. The Bertz CT molecular complexity index is 486. The van der Waals surface area contributed by atoms with Crippen molar-refractivity contribution >= 4 is 17.3 Å². The van der Waals surface area contributed by atoms with Gasteiger partial charge in [0.05, 0.1) is 11.0 Å². The lowest BCUT2D eigenvalue weighted by molar-refractivity contribution is -0.383. The second-order valence-corrected chi connectivity index (χ2v) is 5.00. The Balaban J connectivity index is 2.89. The van der Waals surface area contributed by atoms with E-state index < -0.39 is 16.9 Å². The van der Waals surface area contributed by atoms with Gasteiger partial charge in [-0.25, -0.2) is 0 Å². The predicted octanol–water partition coefficient (Wildman–Crippen LogP) is 2.22. The van der Waals surface area contributed by atoms with E-state index in [0.29, 0.717) is 6.42 Å². The van der Waals surface area contributed by atoms with E-state index in [1.54, 1.807) is 19.1 Å². The van der Waals surface area contributed by atoms with Gasteiger partial charge in [-0.15, -0.1) is 0 Å². The van der Waals surface area contributed by atoms with Gasteiger partial charge in [-0.1, -0.05) is 19.9 Å². The van der Waals surface area contributed by atoms with Crippen LogP contribution in [0.1, 0.15) is 25.8 Å². The first kappa shape index (κ1) is 15.1. The van der Waals surface area contributed by atoms with E-state index in [-0.39, 0.29) is 17.3 Å². The maximum atomic E-state index is 11.9. The zero-order valence-electron chi connectivity index (χ0n) is 11.3. The summed E-state index contributed by atoms with van der Waals surface area (Å²) < 4.78 is 0. The van der Waals surface area contributed by atoms with Crippen molar-refractivity contribution in [1.82, 2.24) is 0 Å². The summed E-state index contributed by atoms with van der Waals surface area (Å²) in [6.45, 7) is 5.72. The highest BCUT2D eigenvalue weighted by Crippen LogP contribution is 2.25. The normalized spacial score (nSPS) is 12.3. The summed E-state index contributed by atoms with van der Waals surface area (Å²) in [7, 11) is 0. The SMILES string of the molecule is Cc1ccc([N+](=O)[O-])c(NC(=O)[C@@H](N)CC(C)C)c1. The smallest absolute Gasteiger partial charge is 0.292 e. The number of benzene rings is 1. The van der Waals surface area contributed by atoms with Gasteiger partial charge in [0.15, 0.2) is 0 Å². The Kier molecular flexibility index (Phi) is 5.00. The molecule has 6 heteroatoms. The summed E-state index contributed by atoms with van der Waals surface area (Å²) in [6, 6.07) is 3.90. The molecule has 0 radical (unpaired) electrons. The Labute approximate surface area is 112 Å². The number of rotatable bonds is 5. The lowest BCUT2D eigenvalue weighted by Gasteiger charge is -2.14. The van der Waals surface area contributed by atoms with Gasteiger partial charge < -0.3 is 11.1 Å². The summed E-state index contributed by atoms with van der Waals surface area (Å²) in [5, 5.41) is 13.4. The first-order chi connectivity index (χ1) is 8.81. The molecule has 1 atom stereocenters. The van der Waals surface area contributed by atoms with Crippen molar-refractivity contribution in [2.45, 2.75) is 33.2 Å². The Hall–Kier alpha value is -1.95. The van der Waals surface area contributed by atoms with Gasteiger partial charge in [-0.3, -0.25) is 14.9 Å². The Morgan fingerprint density at radius 3 is 2.63 bits per heavy atom. The number of nitrogens with one attached hydrogen (secondary N) is 1. The third-order valence-corrected chi connectivity index (χ3v) is 2.67. The van der Waals surface area contributed by atoms with E-state index in [9.17, 15) is 14.9 Å². The Morgan fingerprint density at radius 1 is 1.47 bits per heavy atom. The number of aryl methyl sites for hydroxylation is 1. The summed E-state index contributed by atoms with van der Waals surface area (Å²) in [6.07, 6.45) is 0.533. The van der Waals surface area contributed by atoms with Crippen LogP contribution in [-0.4, -0.2) is 16.9 Å². The molecule has 0 unspecified atom stereocenters. The van der Waals surface area contributed by atoms with Crippen LogP contribution in [0.25, 0.3) is 0 Å². The number of nitro benzene ring substituents is 1. The summed E-state index contributed by atoms with van der Waals surface area (Å²) in [4.78, 5) is 22.2. The summed E-state index contributed by atoms with van der Waals surface area (Å²) in [5.41, 5.74) is 6.64. The number of nitro groups is 1. The second kappa shape index (κ2) is 6.29. The molecular weight excluding hydrogens is 246 g/mol. The fourth-order valence-corrected chi connectivity index (χ4v) is 1.75. The first-order valence-corrected chi connectivity index (χ1v) is 6.12. The highest BCUT2D eigenvalue weighted by Gasteiger charge is 2.20. The molecule has 0 aliphatic rings. The van der Waals surface area contributed by atoms with Gasteiger partial charge in [0, 0.05) is 6.07 Å². The van der Waals surface area contributed by atoms with Crippen LogP contribution in [0.5, 0.6) is 0 Å². The number of nitrogens with two attached hydrogens (primary N) is 1. The van der Waals surface area contributed by atoms with E-state index in [0.717, 1.165) is 5.56 Å². The molecule has 0 saturated heterocycles. The number of hydrogen-bond donors (Lipinski definition) is 2. The van der Waals surface area contributed by atoms with Crippen molar-refractivity contribution < 1.29 is 9.72 Å². The third kappa shape index (κ3) is 4.33. The van der Waals surface area contributed by atoms with Crippen molar-refractivity contribution in [3.63, 3.8) is 0 Å². The zero-order valence-corrected chi connectivity index (χ0v) is 11.3. The average Bonchev–Trinajstić information content (AvgIpc) is 2.27. The maximum absolute atomic E-state index is 11.9. The molecule has 1 rings (SSSR count). The van der Waals surface area contributed by atoms with Gasteiger partial charge in [0.2, 0.25) is 5.91 Å². The predicted molar refractivity (Wildman–Crippen MR) is 73.9 cm³/mol. The fourth-order valence-electron chi connectivity index (χ4n) is 1.75. The van der Waals surface area contributed by atoms with Crippen molar-refractivity contribution in [2.24, 2.45) is 11.7 Å². The molecule has 19 heavy (non-hydrogen) atoms. The van der Waals surface area contributed by atoms with Gasteiger partial charge in [-0.05, 0) is 30.9 Å².